The summed E-state index contributed by atoms with van der Waals surface area (Å²) in [5.74, 6) is 0.763. The van der Waals surface area contributed by atoms with Crippen LogP contribution in [0.4, 0.5) is 0 Å². The Morgan fingerprint density at radius 3 is 2.89 bits per heavy atom. The molecule has 0 spiro atoms. The van der Waals surface area contributed by atoms with Gasteiger partial charge in [-0.3, -0.25) is 0 Å². The summed E-state index contributed by atoms with van der Waals surface area (Å²) in [7, 11) is 1.64. The predicted molar refractivity (Wildman–Crippen MR) is 80.4 cm³/mol. The van der Waals surface area contributed by atoms with E-state index in [-0.39, 0.29) is 0 Å². The maximum Gasteiger partial charge on any atom is 0.133 e. The molecule has 0 atom stereocenters. The van der Waals surface area contributed by atoms with Gasteiger partial charge in [0.2, 0.25) is 0 Å². The van der Waals surface area contributed by atoms with Crippen molar-refractivity contribution in [1.82, 2.24) is 9.97 Å². The molecular weight excluding hydrogens is 280 g/mol. The molecule has 0 saturated carbocycles. The largest absolute Gasteiger partial charge is 0.496 e. The van der Waals surface area contributed by atoms with E-state index in [0.29, 0.717) is 9.66 Å². The van der Waals surface area contributed by atoms with E-state index in [1.807, 2.05) is 12.1 Å². The first-order valence-electron chi connectivity index (χ1n) is 6.07. The van der Waals surface area contributed by atoms with E-state index in [1.54, 1.807) is 19.5 Å². The lowest BCUT2D eigenvalue weighted by atomic mass is 10.0. The van der Waals surface area contributed by atoms with E-state index in [2.05, 4.69) is 16.9 Å². The molecule has 0 amide bonds. The van der Waals surface area contributed by atoms with Gasteiger partial charge in [-0.15, -0.1) is 0 Å². The fourth-order valence-electron chi connectivity index (χ4n) is 2.03. The van der Waals surface area contributed by atoms with Crippen LogP contribution in [0.15, 0.2) is 24.5 Å². The van der Waals surface area contributed by atoms with Crippen LogP contribution >= 0.6 is 23.8 Å². The van der Waals surface area contributed by atoms with Gasteiger partial charge in [-0.1, -0.05) is 37.2 Å². The number of aromatic amines is 1. The molecule has 1 N–H and O–H groups in total. The van der Waals surface area contributed by atoms with Gasteiger partial charge in [0.15, 0.2) is 0 Å². The molecule has 0 radical (unpaired) electrons. The second-order valence-electron chi connectivity index (χ2n) is 4.16. The average Bonchev–Trinajstić information content (AvgIpc) is 2.41. The lowest BCUT2D eigenvalue weighted by Gasteiger charge is -2.12. The zero-order valence-corrected chi connectivity index (χ0v) is 12.4. The molecule has 1 aromatic heterocycles. The Morgan fingerprint density at radius 2 is 2.21 bits per heavy atom. The highest BCUT2D eigenvalue weighted by molar-refractivity contribution is 7.71. The number of nitrogens with one attached hydrogen (secondary N) is 1. The van der Waals surface area contributed by atoms with E-state index < -0.39 is 0 Å². The molecule has 0 aliphatic heterocycles. The Labute approximate surface area is 122 Å². The summed E-state index contributed by atoms with van der Waals surface area (Å²) in [6.45, 7) is 2.11. The van der Waals surface area contributed by atoms with Crippen LogP contribution in [0.25, 0.3) is 11.3 Å². The number of nitrogens with zero attached hydrogens (tertiary/aromatic N) is 1. The quantitative estimate of drug-likeness (QED) is 0.848. The van der Waals surface area contributed by atoms with Crippen molar-refractivity contribution in [2.45, 2.75) is 19.8 Å². The molecule has 0 unspecified atom stereocenters. The number of methoxy groups -OCH3 is 1. The number of rotatable bonds is 4. The van der Waals surface area contributed by atoms with Crippen LogP contribution < -0.4 is 4.74 Å². The van der Waals surface area contributed by atoms with E-state index in [4.69, 9.17) is 28.6 Å². The minimum Gasteiger partial charge on any atom is -0.496 e. The Balaban J connectivity index is 2.68. The number of hydrogen-bond donors (Lipinski definition) is 1. The number of ether oxygens (including phenoxy) is 1. The van der Waals surface area contributed by atoms with Gasteiger partial charge in [0.25, 0.3) is 0 Å². The zero-order chi connectivity index (χ0) is 13.8. The van der Waals surface area contributed by atoms with Crippen molar-refractivity contribution in [1.29, 1.82) is 0 Å². The molecule has 1 aromatic carbocycles. The molecule has 0 bridgehead atoms. The van der Waals surface area contributed by atoms with Gasteiger partial charge in [0.05, 0.1) is 19.1 Å². The van der Waals surface area contributed by atoms with E-state index in [0.717, 1.165) is 35.4 Å². The third-order valence-electron chi connectivity index (χ3n) is 2.88. The second kappa shape index (κ2) is 6.17. The lowest BCUT2D eigenvalue weighted by Crippen LogP contribution is -1.98. The number of hydrogen-bond acceptors (Lipinski definition) is 3. The van der Waals surface area contributed by atoms with Crippen LogP contribution in [0.3, 0.4) is 0 Å². The first-order chi connectivity index (χ1) is 9.17. The molecule has 0 fully saturated rings. The minimum absolute atomic E-state index is 0.623. The molecule has 0 saturated heterocycles. The summed E-state index contributed by atoms with van der Waals surface area (Å²) in [6, 6.07) is 5.53. The third kappa shape index (κ3) is 2.96. The topological polar surface area (TPSA) is 37.9 Å². The minimum atomic E-state index is 0.623. The summed E-state index contributed by atoms with van der Waals surface area (Å²) in [6.07, 6.45) is 3.48. The van der Waals surface area contributed by atoms with Crippen molar-refractivity contribution in [3.63, 3.8) is 0 Å². The molecular formula is C14H15ClN2OS. The lowest BCUT2D eigenvalue weighted by molar-refractivity contribution is 0.416. The van der Waals surface area contributed by atoms with Crippen LogP contribution in [0.5, 0.6) is 5.75 Å². The number of aromatic nitrogens is 2. The molecule has 5 heteroatoms. The maximum atomic E-state index is 6.08. The summed E-state index contributed by atoms with van der Waals surface area (Å²) in [4.78, 5) is 7.31. The molecule has 1 heterocycles. The smallest absolute Gasteiger partial charge is 0.133 e. The molecule has 100 valence electrons. The van der Waals surface area contributed by atoms with Crippen LogP contribution in [0.1, 0.15) is 18.9 Å². The van der Waals surface area contributed by atoms with Crippen molar-refractivity contribution in [2.75, 3.05) is 7.11 Å². The zero-order valence-electron chi connectivity index (χ0n) is 10.9. The van der Waals surface area contributed by atoms with E-state index >= 15 is 0 Å². The van der Waals surface area contributed by atoms with Gasteiger partial charge < -0.3 is 9.72 Å². The van der Waals surface area contributed by atoms with Crippen molar-refractivity contribution in [2.24, 2.45) is 0 Å². The van der Waals surface area contributed by atoms with Crippen LogP contribution in [-0.2, 0) is 6.42 Å². The van der Waals surface area contributed by atoms with Crippen molar-refractivity contribution >= 4 is 23.8 Å². The predicted octanol–water partition coefficient (Wildman–Crippen LogP) is 4.42. The molecule has 3 nitrogen and oxygen atoms in total. The molecule has 19 heavy (non-hydrogen) atoms. The first-order valence-corrected chi connectivity index (χ1v) is 6.86. The van der Waals surface area contributed by atoms with Crippen LogP contribution in [0, 0.1) is 4.64 Å². The Hall–Kier alpha value is -1.39. The van der Waals surface area contributed by atoms with E-state index in [1.165, 1.54) is 0 Å². The number of halogens is 1. The first kappa shape index (κ1) is 14.0. The van der Waals surface area contributed by atoms with Crippen molar-refractivity contribution < 1.29 is 4.74 Å². The van der Waals surface area contributed by atoms with Gasteiger partial charge in [-0.05, 0) is 24.6 Å². The monoisotopic (exact) mass is 294 g/mol. The van der Waals surface area contributed by atoms with E-state index in [9.17, 15) is 0 Å². The molecule has 2 aromatic rings. The Bertz CT molecular complexity index is 640. The van der Waals surface area contributed by atoms with Crippen molar-refractivity contribution in [3.05, 3.63) is 39.8 Å². The molecule has 2 rings (SSSR count). The summed E-state index contributed by atoms with van der Waals surface area (Å²) < 4.78 is 6.02. The highest BCUT2D eigenvalue weighted by Gasteiger charge is 2.12. The highest BCUT2D eigenvalue weighted by atomic mass is 35.5. The maximum absolute atomic E-state index is 6.08. The summed E-state index contributed by atoms with van der Waals surface area (Å²) >= 11 is 11.4. The number of benzene rings is 1. The molecule has 0 aliphatic carbocycles. The molecule has 0 aliphatic rings. The Kier molecular flexibility index (Phi) is 4.56. The fourth-order valence-corrected chi connectivity index (χ4v) is 2.45. The SMILES string of the molecule is CCCc1c(-c2cc(Cl)ccc2OC)[nH]cnc1=S. The standard InChI is InChI=1S/C14H15ClN2OS/c1-3-4-10-13(16-8-17-14(10)19)11-7-9(15)5-6-12(11)18-2/h5-8H,3-4H2,1-2H3,(H,16,17,19). The normalized spacial score (nSPS) is 10.5. The van der Waals surface area contributed by atoms with Gasteiger partial charge >= 0.3 is 0 Å². The van der Waals surface area contributed by atoms with Crippen LogP contribution in [-0.4, -0.2) is 17.1 Å². The van der Waals surface area contributed by atoms with Gasteiger partial charge in [0.1, 0.15) is 10.4 Å². The Morgan fingerprint density at radius 1 is 1.42 bits per heavy atom. The third-order valence-corrected chi connectivity index (χ3v) is 3.47. The average molecular weight is 295 g/mol. The highest BCUT2D eigenvalue weighted by Crippen LogP contribution is 2.33. The summed E-state index contributed by atoms with van der Waals surface area (Å²) in [5.41, 5.74) is 2.87. The van der Waals surface area contributed by atoms with Crippen LogP contribution in [0.2, 0.25) is 5.02 Å². The van der Waals surface area contributed by atoms with Gasteiger partial charge in [0, 0.05) is 16.1 Å². The fraction of sp³-hybridized carbons (Fsp3) is 0.286. The summed E-state index contributed by atoms with van der Waals surface area (Å²) in [5, 5.41) is 0.661. The van der Waals surface area contributed by atoms with Gasteiger partial charge in [-0.2, -0.15) is 0 Å². The van der Waals surface area contributed by atoms with Crippen molar-refractivity contribution in [3.8, 4) is 17.0 Å². The second-order valence-corrected chi connectivity index (χ2v) is 4.98. The van der Waals surface area contributed by atoms with Gasteiger partial charge in [-0.25, -0.2) is 4.98 Å². The number of H-pyrrole nitrogens is 1.